The highest BCUT2D eigenvalue weighted by molar-refractivity contribution is 5.94. The van der Waals surface area contributed by atoms with E-state index in [2.05, 4.69) is 5.32 Å². The number of amides is 1. The molecule has 2 aromatic rings. The van der Waals surface area contributed by atoms with Crippen LogP contribution in [0.15, 0.2) is 54.6 Å². The van der Waals surface area contributed by atoms with Crippen molar-refractivity contribution in [2.45, 2.75) is 19.4 Å². The van der Waals surface area contributed by atoms with E-state index in [0.717, 1.165) is 11.1 Å². The number of carbonyl (C=O) groups is 2. The summed E-state index contributed by atoms with van der Waals surface area (Å²) in [6.07, 6.45) is 0.0954. The molecule has 22 heavy (non-hydrogen) atoms. The Morgan fingerprint density at radius 2 is 1.68 bits per heavy atom. The Morgan fingerprint density at radius 1 is 1.05 bits per heavy atom. The van der Waals surface area contributed by atoms with Gasteiger partial charge in [0, 0.05) is 5.56 Å². The van der Waals surface area contributed by atoms with Crippen molar-refractivity contribution in [2.24, 2.45) is 0 Å². The van der Waals surface area contributed by atoms with Crippen LogP contribution in [0, 0.1) is 6.92 Å². The number of carbonyl (C=O) groups excluding carboxylic acids is 2. The smallest absolute Gasteiger partial charge is 0.307 e. The lowest BCUT2D eigenvalue weighted by molar-refractivity contribution is -0.141. The summed E-state index contributed by atoms with van der Waals surface area (Å²) < 4.78 is 4.72. The van der Waals surface area contributed by atoms with E-state index in [1.165, 1.54) is 7.11 Å². The van der Waals surface area contributed by atoms with Crippen LogP contribution in [0.1, 0.15) is 33.9 Å². The number of hydrogen-bond acceptors (Lipinski definition) is 3. The van der Waals surface area contributed by atoms with E-state index in [1.54, 1.807) is 24.3 Å². The molecule has 4 heteroatoms. The van der Waals surface area contributed by atoms with Gasteiger partial charge in [-0.2, -0.15) is 0 Å². The molecule has 114 valence electrons. The third-order valence-electron chi connectivity index (χ3n) is 3.42. The zero-order chi connectivity index (χ0) is 15.9. The molecule has 2 rings (SSSR count). The zero-order valence-corrected chi connectivity index (χ0v) is 12.7. The Labute approximate surface area is 130 Å². The lowest BCUT2D eigenvalue weighted by atomic mass is 10.0. The number of nitrogens with one attached hydrogen (secondary N) is 1. The van der Waals surface area contributed by atoms with Gasteiger partial charge in [-0.3, -0.25) is 9.59 Å². The van der Waals surface area contributed by atoms with Gasteiger partial charge in [0.05, 0.1) is 19.6 Å². The SMILES string of the molecule is COC(=O)CC(NC(=O)c1ccccc1)c1ccc(C)cc1. The van der Waals surface area contributed by atoms with Crippen LogP contribution in [-0.4, -0.2) is 19.0 Å². The molecule has 1 amide bonds. The molecule has 0 spiro atoms. The predicted molar refractivity (Wildman–Crippen MR) is 84.5 cm³/mol. The first-order chi connectivity index (χ1) is 10.6. The minimum Gasteiger partial charge on any atom is -0.469 e. The Morgan fingerprint density at radius 3 is 2.27 bits per heavy atom. The highest BCUT2D eigenvalue weighted by Gasteiger charge is 2.19. The molecule has 0 radical (unpaired) electrons. The van der Waals surface area contributed by atoms with Gasteiger partial charge in [-0.1, -0.05) is 48.0 Å². The third-order valence-corrected chi connectivity index (χ3v) is 3.42. The molecule has 1 N–H and O–H groups in total. The van der Waals surface area contributed by atoms with Crippen molar-refractivity contribution in [3.05, 3.63) is 71.3 Å². The Kier molecular flexibility index (Phi) is 5.31. The standard InChI is InChI=1S/C18H19NO3/c1-13-8-10-14(11-9-13)16(12-17(20)22-2)19-18(21)15-6-4-3-5-7-15/h3-11,16H,12H2,1-2H3,(H,19,21). The molecule has 0 aliphatic rings. The van der Waals surface area contributed by atoms with Crippen LogP contribution >= 0.6 is 0 Å². The van der Waals surface area contributed by atoms with Crippen LogP contribution in [0.5, 0.6) is 0 Å². The molecule has 0 heterocycles. The van der Waals surface area contributed by atoms with Gasteiger partial charge < -0.3 is 10.1 Å². The number of ether oxygens (including phenoxy) is 1. The minimum absolute atomic E-state index is 0.0954. The van der Waals surface area contributed by atoms with Crippen LogP contribution < -0.4 is 5.32 Å². The van der Waals surface area contributed by atoms with E-state index < -0.39 is 6.04 Å². The zero-order valence-electron chi connectivity index (χ0n) is 12.7. The summed E-state index contributed by atoms with van der Waals surface area (Å²) in [6.45, 7) is 1.99. The second-order valence-electron chi connectivity index (χ2n) is 5.08. The number of esters is 1. The number of rotatable bonds is 5. The fraction of sp³-hybridized carbons (Fsp3) is 0.222. The highest BCUT2D eigenvalue weighted by atomic mass is 16.5. The van der Waals surface area contributed by atoms with Gasteiger partial charge in [0.1, 0.15) is 0 Å². The second-order valence-corrected chi connectivity index (χ2v) is 5.08. The molecule has 0 bridgehead atoms. The molecule has 0 fully saturated rings. The van der Waals surface area contributed by atoms with Crippen molar-refractivity contribution >= 4 is 11.9 Å². The molecular formula is C18H19NO3. The molecule has 1 unspecified atom stereocenters. The Balaban J connectivity index is 2.19. The van der Waals surface area contributed by atoms with Crippen LogP contribution in [0.25, 0.3) is 0 Å². The maximum absolute atomic E-state index is 12.3. The van der Waals surface area contributed by atoms with Crippen molar-refractivity contribution in [3.8, 4) is 0 Å². The monoisotopic (exact) mass is 297 g/mol. The van der Waals surface area contributed by atoms with Crippen molar-refractivity contribution in [3.63, 3.8) is 0 Å². The Hall–Kier alpha value is -2.62. The van der Waals surface area contributed by atoms with Gasteiger partial charge in [-0.05, 0) is 24.6 Å². The van der Waals surface area contributed by atoms with Crippen LogP contribution in [-0.2, 0) is 9.53 Å². The first-order valence-corrected chi connectivity index (χ1v) is 7.09. The normalized spacial score (nSPS) is 11.5. The first-order valence-electron chi connectivity index (χ1n) is 7.09. The molecule has 0 aliphatic carbocycles. The summed E-state index contributed by atoms with van der Waals surface area (Å²) in [5.41, 5.74) is 2.56. The van der Waals surface area contributed by atoms with Gasteiger partial charge in [-0.25, -0.2) is 0 Å². The predicted octanol–water partition coefficient (Wildman–Crippen LogP) is 3.03. The van der Waals surface area contributed by atoms with Crippen molar-refractivity contribution in [1.82, 2.24) is 5.32 Å². The van der Waals surface area contributed by atoms with Crippen LogP contribution in [0.3, 0.4) is 0 Å². The molecule has 0 saturated carbocycles. The number of methoxy groups -OCH3 is 1. The van der Waals surface area contributed by atoms with E-state index in [-0.39, 0.29) is 18.3 Å². The van der Waals surface area contributed by atoms with Crippen molar-refractivity contribution in [1.29, 1.82) is 0 Å². The fourth-order valence-corrected chi connectivity index (χ4v) is 2.13. The number of hydrogen-bond donors (Lipinski definition) is 1. The molecule has 0 saturated heterocycles. The van der Waals surface area contributed by atoms with Gasteiger partial charge in [0.15, 0.2) is 0 Å². The molecule has 0 aliphatic heterocycles. The van der Waals surface area contributed by atoms with E-state index in [9.17, 15) is 9.59 Å². The molecule has 1 atom stereocenters. The van der Waals surface area contributed by atoms with Gasteiger partial charge >= 0.3 is 5.97 Å². The van der Waals surface area contributed by atoms with Crippen LogP contribution in [0.2, 0.25) is 0 Å². The highest BCUT2D eigenvalue weighted by Crippen LogP contribution is 2.19. The third kappa shape index (κ3) is 4.19. The second kappa shape index (κ2) is 7.41. The van der Waals surface area contributed by atoms with Gasteiger partial charge in [0.25, 0.3) is 5.91 Å². The quantitative estimate of drug-likeness (QED) is 0.863. The summed E-state index contributed by atoms with van der Waals surface area (Å²) in [6, 6.07) is 16.2. The fourth-order valence-electron chi connectivity index (χ4n) is 2.13. The lowest BCUT2D eigenvalue weighted by Gasteiger charge is -2.18. The maximum atomic E-state index is 12.3. The largest absolute Gasteiger partial charge is 0.469 e. The average molecular weight is 297 g/mol. The van der Waals surface area contributed by atoms with Gasteiger partial charge in [-0.15, -0.1) is 0 Å². The first kappa shape index (κ1) is 15.8. The minimum atomic E-state index is -0.416. The van der Waals surface area contributed by atoms with E-state index in [1.807, 2.05) is 37.3 Å². The lowest BCUT2D eigenvalue weighted by Crippen LogP contribution is -2.30. The summed E-state index contributed by atoms with van der Waals surface area (Å²) in [5, 5.41) is 2.89. The number of aryl methyl sites for hydroxylation is 1. The van der Waals surface area contributed by atoms with E-state index in [4.69, 9.17) is 4.74 Å². The average Bonchev–Trinajstić information content (AvgIpc) is 2.55. The Bertz CT molecular complexity index is 635. The van der Waals surface area contributed by atoms with Crippen LogP contribution in [0.4, 0.5) is 0 Å². The summed E-state index contributed by atoms with van der Waals surface area (Å²) in [7, 11) is 1.34. The van der Waals surface area contributed by atoms with Crippen molar-refractivity contribution in [2.75, 3.05) is 7.11 Å². The summed E-state index contributed by atoms with van der Waals surface area (Å²) in [4.78, 5) is 23.9. The van der Waals surface area contributed by atoms with E-state index >= 15 is 0 Å². The summed E-state index contributed by atoms with van der Waals surface area (Å²) >= 11 is 0. The maximum Gasteiger partial charge on any atom is 0.307 e. The number of benzene rings is 2. The molecular weight excluding hydrogens is 278 g/mol. The topological polar surface area (TPSA) is 55.4 Å². The summed E-state index contributed by atoms with van der Waals surface area (Å²) in [5.74, 6) is -0.575. The van der Waals surface area contributed by atoms with E-state index in [0.29, 0.717) is 5.56 Å². The molecule has 2 aromatic carbocycles. The molecule has 0 aromatic heterocycles. The van der Waals surface area contributed by atoms with Crippen molar-refractivity contribution < 1.29 is 14.3 Å². The van der Waals surface area contributed by atoms with Gasteiger partial charge in [0.2, 0.25) is 0 Å². The molecule has 4 nitrogen and oxygen atoms in total.